The Morgan fingerprint density at radius 2 is 1.85 bits per heavy atom. The number of halogens is 2. The molecule has 5 rings (SSSR count). The summed E-state index contributed by atoms with van der Waals surface area (Å²) in [6, 6.07) is 3.39. The van der Waals surface area contributed by atoms with E-state index in [0.717, 1.165) is 24.2 Å². The quantitative estimate of drug-likeness (QED) is 0.429. The lowest BCUT2D eigenvalue weighted by Gasteiger charge is -2.35. The predicted octanol–water partition coefficient (Wildman–Crippen LogP) is 5.01. The van der Waals surface area contributed by atoms with E-state index in [1.165, 1.54) is 7.11 Å². The summed E-state index contributed by atoms with van der Waals surface area (Å²) in [7, 11) is 1.51. The van der Waals surface area contributed by atoms with Gasteiger partial charge in [-0.3, -0.25) is 14.4 Å². The van der Waals surface area contributed by atoms with Gasteiger partial charge in [0.05, 0.1) is 36.1 Å². The Hall–Kier alpha value is -3.73. The Kier molecular flexibility index (Phi) is 7.43. The number of benzene rings is 1. The van der Waals surface area contributed by atoms with E-state index < -0.39 is 23.3 Å². The van der Waals surface area contributed by atoms with Gasteiger partial charge in [-0.2, -0.15) is 5.10 Å². The maximum absolute atomic E-state index is 15.6. The molecule has 214 valence electrons. The summed E-state index contributed by atoms with van der Waals surface area (Å²) < 4.78 is 48.1. The molecule has 9 nitrogen and oxygen atoms in total. The minimum atomic E-state index is -0.803. The van der Waals surface area contributed by atoms with Crippen LogP contribution in [0.3, 0.4) is 0 Å². The number of methoxy groups -OCH3 is 1. The number of hydrogen-bond acceptors (Lipinski definition) is 6. The zero-order valence-corrected chi connectivity index (χ0v) is 23.4. The second-order valence-corrected chi connectivity index (χ2v) is 11.1. The highest BCUT2D eigenvalue weighted by molar-refractivity contribution is 5.86. The number of carbonyl (C=O) groups excluding carboxylic acids is 1. The molecule has 40 heavy (non-hydrogen) atoms. The van der Waals surface area contributed by atoms with Gasteiger partial charge in [0.2, 0.25) is 0 Å². The van der Waals surface area contributed by atoms with Gasteiger partial charge in [0.25, 0.3) is 5.56 Å². The number of aromatic nitrogens is 3. The van der Waals surface area contributed by atoms with Crippen molar-refractivity contribution in [1.29, 1.82) is 0 Å². The molecule has 1 aliphatic carbocycles. The topological polar surface area (TPSA) is 98.7 Å². The van der Waals surface area contributed by atoms with Crippen molar-refractivity contribution in [3.8, 4) is 28.3 Å². The number of hydrogen-bond donors (Lipinski definition) is 1. The molecule has 0 unspecified atom stereocenters. The molecule has 0 saturated carbocycles. The van der Waals surface area contributed by atoms with Gasteiger partial charge >= 0.3 is 6.09 Å². The second kappa shape index (κ2) is 10.7. The van der Waals surface area contributed by atoms with Gasteiger partial charge in [-0.15, -0.1) is 0 Å². The summed E-state index contributed by atoms with van der Waals surface area (Å²) in [5.74, 6) is -1.56. The van der Waals surface area contributed by atoms with E-state index >= 15 is 4.39 Å². The third kappa shape index (κ3) is 5.22. The third-order valence-corrected chi connectivity index (χ3v) is 7.24. The van der Waals surface area contributed by atoms with Gasteiger partial charge in [0, 0.05) is 36.9 Å². The molecule has 1 aliphatic heterocycles. The standard InChI is InChI=1S/C29H34F2N4O5/c1-16-22-15-21(33-35(22)10-9-34(16)28(37)40-29(2,3)4)26-24(18-7-6-8-19(18)27(36)32-26)25-20(31)13-17(30)14-23(25)39-12-11-38-5/h13-16H,6-12H2,1-5H3,(H,32,36)/t16-/m1/s1. The molecule has 1 amide bonds. The number of rotatable bonds is 6. The first-order valence-corrected chi connectivity index (χ1v) is 13.5. The number of aromatic amines is 1. The maximum atomic E-state index is 15.6. The number of fused-ring (bicyclic) bond motifs is 2. The molecule has 11 heteroatoms. The number of amides is 1. The first kappa shape index (κ1) is 27.8. The minimum absolute atomic E-state index is 0.0189. The summed E-state index contributed by atoms with van der Waals surface area (Å²) in [6.07, 6.45) is 1.43. The van der Waals surface area contributed by atoms with Crippen molar-refractivity contribution in [3.63, 3.8) is 0 Å². The maximum Gasteiger partial charge on any atom is 0.410 e. The van der Waals surface area contributed by atoms with Crippen molar-refractivity contribution in [2.75, 3.05) is 26.9 Å². The highest BCUT2D eigenvalue weighted by atomic mass is 19.1. The smallest absolute Gasteiger partial charge is 0.410 e. The SMILES string of the molecule is COCCOc1cc(F)cc(F)c1-c1c(-c2cc3n(n2)CCN(C(=O)OC(C)(C)C)[C@@H]3C)[nH]c(=O)c2c1CCC2. The van der Waals surface area contributed by atoms with Gasteiger partial charge in [-0.1, -0.05) is 0 Å². The van der Waals surface area contributed by atoms with Crippen LogP contribution in [-0.4, -0.2) is 58.2 Å². The lowest BCUT2D eigenvalue weighted by molar-refractivity contribution is 0.0120. The highest BCUT2D eigenvalue weighted by Gasteiger charge is 2.34. The summed E-state index contributed by atoms with van der Waals surface area (Å²) in [5.41, 5.74) is 2.38. The van der Waals surface area contributed by atoms with Crippen molar-refractivity contribution in [2.24, 2.45) is 0 Å². The fourth-order valence-corrected chi connectivity index (χ4v) is 5.48. The predicted molar refractivity (Wildman–Crippen MR) is 144 cm³/mol. The molecular formula is C29H34F2N4O5. The molecule has 2 aromatic heterocycles. The lowest BCUT2D eigenvalue weighted by Crippen LogP contribution is -2.43. The van der Waals surface area contributed by atoms with Crippen LogP contribution in [0, 0.1) is 11.6 Å². The van der Waals surface area contributed by atoms with E-state index in [-0.39, 0.29) is 36.1 Å². The fourth-order valence-electron chi connectivity index (χ4n) is 5.48. The van der Waals surface area contributed by atoms with Crippen molar-refractivity contribution < 1.29 is 27.8 Å². The second-order valence-electron chi connectivity index (χ2n) is 11.1. The molecule has 0 radical (unpaired) electrons. The third-order valence-electron chi connectivity index (χ3n) is 7.24. The zero-order valence-electron chi connectivity index (χ0n) is 23.4. The Morgan fingerprint density at radius 3 is 2.58 bits per heavy atom. The van der Waals surface area contributed by atoms with Crippen molar-refractivity contribution in [3.05, 3.63) is 57.0 Å². The normalized spacial score (nSPS) is 16.6. The van der Waals surface area contributed by atoms with E-state index in [9.17, 15) is 14.0 Å². The Morgan fingerprint density at radius 1 is 1.10 bits per heavy atom. The molecular weight excluding hydrogens is 522 g/mol. The molecule has 0 saturated heterocycles. The monoisotopic (exact) mass is 556 g/mol. The minimum Gasteiger partial charge on any atom is -0.490 e. The number of ether oxygens (including phenoxy) is 3. The van der Waals surface area contributed by atoms with Gasteiger partial charge in [0.15, 0.2) is 0 Å². The Bertz CT molecular complexity index is 1510. The van der Waals surface area contributed by atoms with Crippen LogP contribution < -0.4 is 10.3 Å². The fraction of sp³-hybridized carbons (Fsp3) is 0.483. The molecule has 2 aliphatic rings. The number of carbonyl (C=O) groups is 1. The van der Waals surface area contributed by atoms with Crippen LogP contribution in [0.1, 0.15) is 57.0 Å². The lowest BCUT2D eigenvalue weighted by atomic mass is 9.93. The van der Waals surface area contributed by atoms with E-state index in [4.69, 9.17) is 19.3 Å². The van der Waals surface area contributed by atoms with Gasteiger partial charge < -0.3 is 19.2 Å². The number of nitrogens with zero attached hydrogens (tertiary/aromatic N) is 3. The van der Waals surface area contributed by atoms with Crippen LogP contribution in [0.15, 0.2) is 23.0 Å². The first-order chi connectivity index (χ1) is 19.0. The largest absolute Gasteiger partial charge is 0.490 e. The van der Waals surface area contributed by atoms with Gasteiger partial charge in [-0.25, -0.2) is 13.6 Å². The van der Waals surface area contributed by atoms with Crippen LogP contribution in [0.5, 0.6) is 5.75 Å². The van der Waals surface area contributed by atoms with Crippen LogP contribution in [0.4, 0.5) is 13.6 Å². The average Bonchev–Trinajstić information content (AvgIpc) is 3.52. The van der Waals surface area contributed by atoms with Gasteiger partial charge in [0.1, 0.15) is 35.3 Å². The van der Waals surface area contributed by atoms with E-state index in [1.807, 2.05) is 27.7 Å². The molecule has 0 bridgehead atoms. The van der Waals surface area contributed by atoms with E-state index in [0.29, 0.717) is 54.0 Å². The number of H-pyrrole nitrogens is 1. The molecule has 1 aromatic carbocycles. The molecule has 0 fully saturated rings. The number of nitrogens with one attached hydrogen (secondary N) is 1. The highest BCUT2D eigenvalue weighted by Crippen LogP contribution is 2.43. The molecule has 3 heterocycles. The van der Waals surface area contributed by atoms with E-state index in [2.05, 4.69) is 4.98 Å². The zero-order chi connectivity index (χ0) is 28.8. The van der Waals surface area contributed by atoms with Crippen LogP contribution in [0.25, 0.3) is 22.5 Å². The number of pyridine rings is 1. The molecule has 1 atom stereocenters. The summed E-state index contributed by atoms with van der Waals surface area (Å²) in [4.78, 5) is 30.6. The summed E-state index contributed by atoms with van der Waals surface area (Å²) in [5, 5.41) is 4.76. The van der Waals surface area contributed by atoms with Crippen LogP contribution >= 0.6 is 0 Å². The summed E-state index contributed by atoms with van der Waals surface area (Å²) >= 11 is 0. The summed E-state index contributed by atoms with van der Waals surface area (Å²) in [6.45, 7) is 8.45. The van der Waals surface area contributed by atoms with Crippen LogP contribution in [0.2, 0.25) is 0 Å². The Labute approximate surface area is 231 Å². The van der Waals surface area contributed by atoms with Crippen molar-refractivity contribution in [2.45, 2.75) is 65.1 Å². The first-order valence-electron chi connectivity index (χ1n) is 13.5. The van der Waals surface area contributed by atoms with Crippen molar-refractivity contribution in [1.82, 2.24) is 19.7 Å². The van der Waals surface area contributed by atoms with Crippen LogP contribution in [-0.2, 0) is 28.9 Å². The van der Waals surface area contributed by atoms with E-state index in [1.54, 1.807) is 15.6 Å². The molecule has 0 spiro atoms. The molecule has 3 aromatic rings. The molecule has 1 N–H and O–H groups in total. The average molecular weight is 557 g/mol. The Balaban J connectivity index is 1.64. The van der Waals surface area contributed by atoms with Crippen molar-refractivity contribution >= 4 is 6.09 Å². The van der Waals surface area contributed by atoms with Gasteiger partial charge in [-0.05, 0) is 58.6 Å².